The fourth-order valence-electron chi connectivity index (χ4n) is 6.25. The molecule has 10 nitrogen and oxygen atoms in total. The van der Waals surface area contributed by atoms with Crippen LogP contribution in [0.25, 0.3) is 0 Å². The molecule has 4 aromatic rings. The Bertz CT molecular complexity index is 1850. The van der Waals surface area contributed by atoms with Gasteiger partial charge in [0, 0.05) is 11.1 Å². The van der Waals surface area contributed by atoms with Crippen LogP contribution in [-0.4, -0.2) is 43.8 Å². The van der Waals surface area contributed by atoms with Crippen molar-refractivity contribution in [1.29, 1.82) is 0 Å². The topological polar surface area (TPSA) is 186 Å². The predicted octanol–water partition coefficient (Wildman–Crippen LogP) is 9.21. The number of nitrogens with zero attached hydrogens (tertiary/aromatic N) is 2. The summed E-state index contributed by atoms with van der Waals surface area (Å²) in [5.41, 5.74) is 10.2. The van der Waals surface area contributed by atoms with Gasteiger partial charge in [-0.25, -0.2) is 0 Å². The maximum atomic E-state index is 10.6. The van der Waals surface area contributed by atoms with Gasteiger partial charge in [-0.05, 0) is 134 Å². The molecule has 322 valence electrons. The first-order chi connectivity index (χ1) is 27.7. The smallest absolute Gasteiger partial charge is 0.545 e. The summed E-state index contributed by atoms with van der Waals surface area (Å²) in [6.45, 7) is 16.9. The van der Waals surface area contributed by atoms with Crippen molar-refractivity contribution < 1.29 is 60.7 Å². The van der Waals surface area contributed by atoms with Crippen LogP contribution in [0.1, 0.15) is 148 Å². The van der Waals surface area contributed by atoms with Gasteiger partial charge in [0.15, 0.2) is 23.0 Å². The second-order valence-corrected chi connectivity index (χ2v) is 14.0. The van der Waals surface area contributed by atoms with Gasteiger partial charge in [0.05, 0.1) is 34.7 Å². The van der Waals surface area contributed by atoms with Crippen LogP contribution in [0.5, 0.6) is 23.0 Å². The van der Waals surface area contributed by atoms with Crippen molar-refractivity contribution in [3.63, 3.8) is 0 Å². The van der Waals surface area contributed by atoms with E-state index >= 15 is 0 Å². The minimum absolute atomic E-state index is 0. The molecule has 0 bridgehead atoms. The van der Waals surface area contributed by atoms with Gasteiger partial charge in [-0.3, -0.25) is 9.98 Å². The quantitative estimate of drug-likeness (QED) is 0.0459. The molecule has 0 amide bonds. The first-order valence-electron chi connectivity index (χ1n) is 20.6. The van der Waals surface area contributed by atoms with Crippen LogP contribution in [0.3, 0.4) is 0 Å². The molecule has 0 saturated carbocycles. The minimum atomic E-state index is -1.48. The van der Waals surface area contributed by atoms with Crippen molar-refractivity contribution in [3.05, 3.63) is 105 Å². The summed E-state index contributed by atoms with van der Waals surface area (Å²) in [6, 6.07) is 19.1. The van der Waals surface area contributed by atoms with Gasteiger partial charge in [0.25, 0.3) is 0 Å². The zero-order valence-corrected chi connectivity index (χ0v) is 37.4. The van der Waals surface area contributed by atoms with Gasteiger partial charge >= 0.3 is 20.4 Å². The number of unbranched alkanes of at least 4 members (excludes halogenated alkanes) is 2. The van der Waals surface area contributed by atoms with E-state index in [4.69, 9.17) is 20.2 Å². The molecule has 0 aliphatic heterocycles. The molecule has 59 heavy (non-hydrogen) atoms. The number of benzene rings is 4. The first kappa shape index (κ1) is 52.0. The molecule has 0 heterocycles. The molecule has 0 unspecified atom stereocenters. The number of phenols is 4. The molecule has 0 spiro atoms. The summed E-state index contributed by atoms with van der Waals surface area (Å²) in [4.78, 5) is 31.6. The summed E-state index contributed by atoms with van der Waals surface area (Å²) >= 11 is 0. The van der Waals surface area contributed by atoms with E-state index in [1.165, 1.54) is 70.8 Å². The molecule has 4 rings (SSSR count). The molecular weight excluding hydrogens is 839 g/mol. The van der Waals surface area contributed by atoms with Crippen LogP contribution in [-0.2, 0) is 58.9 Å². The summed E-state index contributed by atoms with van der Waals surface area (Å²) in [5, 5.41) is 57.6. The van der Waals surface area contributed by atoms with E-state index in [0.29, 0.717) is 24.0 Å². The molecule has 4 aromatic carbocycles. The van der Waals surface area contributed by atoms with E-state index in [0.717, 1.165) is 62.7 Å². The molecule has 0 aliphatic rings. The van der Waals surface area contributed by atoms with Gasteiger partial charge in [0.2, 0.25) is 0 Å². The maximum Gasteiger partial charge on any atom is 2.00 e. The summed E-state index contributed by atoms with van der Waals surface area (Å²) < 4.78 is 0. The largest absolute Gasteiger partial charge is 2.00 e. The Morgan fingerprint density at radius 1 is 0.492 bits per heavy atom. The molecule has 0 saturated heterocycles. The van der Waals surface area contributed by atoms with Gasteiger partial charge in [0.1, 0.15) is 0 Å². The molecule has 11 heteroatoms. The van der Waals surface area contributed by atoms with E-state index in [-0.39, 0.29) is 31.5 Å². The number of carboxylic acids is 2. The van der Waals surface area contributed by atoms with E-state index in [1.807, 2.05) is 0 Å². The van der Waals surface area contributed by atoms with Gasteiger partial charge in [-0.15, -0.1) is 0 Å². The summed E-state index contributed by atoms with van der Waals surface area (Å²) in [6.07, 6.45) is 11.7. The van der Waals surface area contributed by atoms with Crippen LogP contribution < -0.4 is 10.2 Å². The average Bonchev–Trinajstić information content (AvgIpc) is 3.22. The Kier molecular flexibility index (Phi) is 23.7. The minimum Gasteiger partial charge on any atom is -0.545 e. The third kappa shape index (κ3) is 16.0. The van der Waals surface area contributed by atoms with Gasteiger partial charge < -0.3 is 40.2 Å². The van der Waals surface area contributed by atoms with Crippen LogP contribution in [0.2, 0.25) is 0 Å². The molecular formula is C48H62N2O8Pd. The third-order valence-corrected chi connectivity index (χ3v) is 9.76. The predicted molar refractivity (Wildman–Crippen MR) is 231 cm³/mol. The second-order valence-electron chi connectivity index (χ2n) is 14.0. The van der Waals surface area contributed by atoms with Gasteiger partial charge in [-0.2, -0.15) is 0 Å². The van der Waals surface area contributed by atoms with Crippen LogP contribution in [0.15, 0.2) is 70.6 Å². The zero-order valence-electron chi connectivity index (χ0n) is 35.9. The molecule has 0 aliphatic carbocycles. The van der Waals surface area contributed by atoms with Gasteiger partial charge in [-0.1, -0.05) is 92.5 Å². The van der Waals surface area contributed by atoms with Crippen LogP contribution >= 0.6 is 0 Å². The van der Waals surface area contributed by atoms with Crippen LogP contribution in [0.4, 0.5) is 11.4 Å². The molecule has 4 N–H and O–H groups in total. The zero-order chi connectivity index (χ0) is 43.4. The number of aliphatic imine (C=N–C) groups is 2. The monoisotopic (exact) mass is 900 g/mol. The number of aromatic carboxylic acids is 2. The Hall–Kier alpha value is -4.98. The number of phenolic OH excluding ortho intramolecular Hbond substituents is 2. The number of rotatable bonds is 17. The average molecular weight is 901 g/mol. The van der Waals surface area contributed by atoms with E-state index in [2.05, 4.69) is 77.9 Å². The van der Waals surface area contributed by atoms with Crippen molar-refractivity contribution in [2.75, 3.05) is 0 Å². The van der Waals surface area contributed by atoms with E-state index in [9.17, 15) is 30.0 Å². The Balaban J connectivity index is 0.000000527. The second kappa shape index (κ2) is 26.9. The standard InChI is InChI=1S/C30H44N2.2C9H10O4.Pd/c1-7-13-15-29(31-27-19-23(9-3)17-24(10-4)20-27)30(16-14-8-2)32-28-21-25(11-5)18-26(12-6)22-28;2*1-2-5-3-4-6(10)8(11)7(5)9(12)13;/h17-22H,7-16H2,1-6H3;2*3-4,10-11H,2H2,1H3,(H,12,13);/q;;;+2/p-2. The normalized spacial score (nSPS) is 11.1. The molecule has 0 fully saturated rings. The Labute approximate surface area is 364 Å². The first-order valence-corrected chi connectivity index (χ1v) is 20.6. The van der Waals surface area contributed by atoms with Crippen molar-refractivity contribution in [1.82, 2.24) is 0 Å². The number of hydrogen-bond acceptors (Lipinski definition) is 10. The molecule has 0 aromatic heterocycles. The fourth-order valence-corrected chi connectivity index (χ4v) is 6.25. The maximum absolute atomic E-state index is 10.6. The Morgan fingerprint density at radius 2 is 0.797 bits per heavy atom. The van der Waals surface area contributed by atoms with Crippen molar-refractivity contribution in [3.8, 4) is 23.0 Å². The number of aromatic hydroxyl groups is 4. The van der Waals surface area contributed by atoms with E-state index in [1.54, 1.807) is 13.8 Å². The van der Waals surface area contributed by atoms with E-state index < -0.39 is 34.9 Å². The van der Waals surface area contributed by atoms with Crippen molar-refractivity contribution in [2.45, 2.75) is 132 Å². The fraction of sp³-hybridized carbons (Fsp3) is 0.417. The number of aryl methyl sites for hydroxylation is 6. The van der Waals surface area contributed by atoms with Crippen molar-refractivity contribution >= 4 is 34.7 Å². The SMILES string of the molecule is CCCCC(=Nc1cc(CC)cc(CC)c1)C(CCCC)=Nc1cc(CC)cc(CC)c1.CCc1ccc(O)c(O)c1C(=O)[O-].CCc1ccc(O)c(O)c1C(=O)[O-].[Pd+2]. The third-order valence-electron chi connectivity index (χ3n) is 9.76. The summed E-state index contributed by atoms with van der Waals surface area (Å²) in [5.74, 6) is -5.11. The van der Waals surface area contributed by atoms with Crippen molar-refractivity contribution in [2.24, 2.45) is 9.98 Å². The number of carboxylic acid groups (broad SMARTS) is 2. The summed E-state index contributed by atoms with van der Waals surface area (Å²) in [7, 11) is 0. The van der Waals surface area contributed by atoms with Crippen LogP contribution in [0, 0.1) is 0 Å². The molecule has 0 radical (unpaired) electrons. The molecule has 0 atom stereocenters. The number of carbonyl (C=O) groups excluding carboxylic acids is 2. The Morgan fingerprint density at radius 3 is 1.03 bits per heavy atom. The number of hydrogen-bond donors (Lipinski definition) is 4. The number of carbonyl (C=O) groups is 2.